The van der Waals surface area contributed by atoms with Crippen molar-refractivity contribution in [3.05, 3.63) is 38.3 Å². The van der Waals surface area contributed by atoms with Crippen molar-refractivity contribution < 1.29 is 9.72 Å². The van der Waals surface area contributed by atoms with Gasteiger partial charge in [-0.3, -0.25) is 14.9 Å². The fourth-order valence-electron chi connectivity index (χ4n) is 2.64. The third-order valence-electron chi connectivity index (χ3n) is 3.80. The molecular formula is C14H16BrClN2O3. The monoisotopic (exact) mass is 374 g/mol. The van der Waals surface area contributed by atoms with Crippen molar-refractivity contribution >= 4 is 39.1 Å². The normalized spacial score (nSPS) is 17.2. The molecule has 1 fully saturated rings. The Morgan fingerprint density at radius 2 is 2.00 bits per heavy atom. The molecule has 0 saturated heterocycles. The first-order valence-electron chi connectivity index (χ1n) is 6.79. The second-order valence-corrected chi connectivity index (χ2v) is 6.57. The topological polar surface area (TPSA) is 72.2 Å². The standard InChI is InChI=1S/C14H16BrClN2O3/c15-11-6-10(7-12(8-11)18(20)21)13(19)17-14(9-16)4-2-1-3-5-14/h6-8H,1-5,9H2,(H,17,19). The number of hydrogen-bond acceptors (Lipinski definition) is 3. The van der Waals surface area contributed by atoms with Crippen LogP contribution in [-0.2, 0) is 0 Å². The average molecular weight is 376 g/mol. The Bertz CT molecular complexity index is 559. The number of hydrogen-bond donors (Lipinski definition) is 1. The zero-order valence-electron chi connectivity index (χ0n) is 11.4. The van der Waals surface area contributed by atoms with E-state index in [9.17, 15) is 14.9 Å². The molecule has 1 N–H and O–H groups in total. The highest BCUT2D eigenvalue weighted by Gasteiger charge is 2.33. The molecule has 0 aliphatic heterocycles. The molecule has 0 bridgehead atoms. The molecule has 1 saturated carbocycles. The minimum atomic E-state index is -0.514. The maximum absolute atomic E-state index is 12.4. The number of nitrogens with one attached hydrogen (secondary N) is 1. The lowest BCUT2D eigenvalue weighted by Crippen LogP contribution is -2.51. The molecule has 0 spiro atoms. The lowest BCUT2D eigenvalue weighted by atomic mass is 9.83. The second-order valence-electron chi connectivity index (χ2n) is 5.38. The van der Waals surface area contributed by atoms with Gasteiger partial charge < -0.3 is 5.32 Å². The Balaban J connectivity index is 2.21. The van der Waals surface area contributed by atoms with Gasteiger partial charge in [0.15, 0.2) is 0 Å². The summed E-state index contributed by atoms with van der Waals surface area (Å²) in [5.74, 6) is 0.0383. The molecule has 1 aromatic carbocycles. The van der Waals surface area contributed by atoms with Gasteiger partial charge >= 0.3 is 0 Å². The number of halogens is 2. The van der Waals surface area contributed by atoms with Gasteiger partial charge in [0.05, 0.1) is 10.5 Å². The first-order valence-corrected chi connectivity index (χ1v) is 8.12. The summed E-state index contributed by atoms with van der Waals surface area (Å²) in [5, 5.41) is 13.8. The quantitative estimate of drug-likeness (QED) is 0.490. The highest BCUT2D eigenvalue weighted by molar-refractivity contribution is 9.10. The van der Waals surface area contributed by atoms with E-state index in [0.29, 0.717) is 10.4 Å². The molecule has 1 aliphatic rings. The van der Waals surface area contributed by atoms with Gasteiger partial charge in [0.2, 0.25) is 0 Å². The van der Waals surface area contributed by atoms with Crippen molar-refractivity contribution in [3.8, 4) is 0 Å². The first kappa shape index (κ1) is 16.2. The third kappa shape index (κ3) is 3.95. The number of nitrogens with zero attached hydrogens (tertiary/aromatic N) is 1. The van der Waals surface area contributed by atoms with Gasteiger partial charge in [-0.25, -0.2) is 0 Å². The smallest absolute Gasteiger partial charge is 0.271 e. The van der Waals surface area contributed by atoms with E-state index in [4.69, 9.17) is 11.6 Å². The zero-order chi connectivity index (χ0) is 15.5. The van der Waals surface area contributed by atoms with Gasteiger partial charge in [0, 0.05) is 28.0 Å². The number of benzene rings is 1. The predicted molar refractivity (Wildman–Crippen MR) is 84.8 cm³/mol. The highest BCUT2D eigenvalue weighted by Crippen LogP contribution is 2.30. The number of non-ortho nitro benzene ring substituents is 1. The molecule has 0 heterocycles. The number of nitro benzene ring substituents is 1. The number of carbonyl (C=O) groups excluding carboxylic acids is 1. The van der Waals surface area contributed by atoms with Crippen LogP contribution in [0.25, 0.3) is 0 Å². The summed E-state index contributed by atoms with van der Waals surface area (Å²) >= 11 is 9.24. The summed E-state index contributed by atoms with van der Waals surface area (Å²) in [6, 6.07) is 4.23. The van der Waals surface area contributed by atoms with Crippen LogP contribution >= 0.6 is 27.5 Å². The summed E-state index contributed by atoms with van der Waals surface area (Å²) in [6.07, 6.45) is 4.91. The first-order chi connectivity index (χ1) is 9.96. The predicted octanol–water partition coefficient (Wildman–Crippen LogP) is 4.03. The van der Waals surface area contributed by atoms with Gasteiger partial charge in [0.25, 0.3) is 11.6 Å². The molecule has 0 unspecified atom stereocenters. The number of nitro groups is 1. The Kier molecular flexibility index (Phi) is 5.22. The third-order valence-corrected chi connectivity index (χ3v) is 4.77. The highest BCUT2D eigenvalue weighted by atomic mass is 79.9. The summed E-state index contributed by atoms with van der Waals surface area (Å²) in [6.45, 7) is 0. The van der Waals surface area contributed by atoms with Crippen molar-refractivity contribution in [2.75, 3.05) is 5.88 Å². The van der Waals surface area contributed by atoms with Crippen LogP contribution in [-0.4, -0.2) is 22.2 Å². The molecule has 0 atom stereocenters. The number of amides is 1. The largest absolute Gasteiger partial charge is 0.345 e. The van der Waals surface area contributed by atoms with Crippen molar-refractivity contribution in [1.82, 2.24) is 5.32 Å². The van der Waals surface area contributed by atoms with Crippen LogP contribution in [0.5, 0.6) is 0 Å². The van der Waals surface area contributed by atoms with Crippen LogP contribution in [0, 0.1) is 10.1 Å². The number of alkyl halides is 1. The molecule has 5 nitrogen and oxygen atoms in total. The van der Waals surface area contributed by atoms with Crippen molar-refractivity contribution in [2.45, 2.75) is 37.6 Å². The van der Waals surface area contributed by atoms with E-state index in [0.717, 1.165) is 32.1 Å². The molecule has 114 valence electrons. The van der Waals surface area contributed by atoms with Gasteiger partial charge in [0.1, 0.15) is 0 Å². The Hall–Kier alpha value is -1.14. The molecule has 21 heavy (non-hydrogen) atoms. The second kappa shape index (κ2) is 6.75. The Labute approximate surface area is 136 Å². The lowest BCUT2D eigenvalue weighted by Gasteiger charge is -2.36. The zero-order valence-corrected chi connectivity index (χ0v) is 13.7. The van der Waals surface area contributed by atoms with E-state index >= 15 is 0 Å². The minimum Gasteiger partial charge on any atom is -0.345 e. The van der Waals surface area contributed by atoms with E-state index < -0.39 is 10.5 Å². The van der Waals surface area contributed by atoms with Gasteiger partial charge in [-0.2, -0.15) is 0 Å². The van der Waals surface area contributed by atoms with Crippen molar-refractivity contribution in [2.24, 2.45) is 0 Å². The van der Waals surface area contributed by atoms with E-state index in [-0.39, 0.29) is 17.2 Å². The van der Waals surface area contributed by atoms with Crippen LogP contribution in [0.2, 0.25) is 0 Å². The van der Waals surface area contributed by atoms with Crippen LogP contribution in [0.3, 0.4) is 0 Å². The van der Waals surface area contributed by atoms with E-state index in [2.05, 4.69) is 21.2 Å². The Morgan fingerprint density at radius 1 is 1.33 bits per heavy atom. The van der Waals surface area contributed by atoms with Crippen LogP contribution in [0.4, 0.5) is 5.69 Å². The number of carbonyl (C=O) groups is 1. The maximum atomic E-state index is 12.4. The molecule has 2 rings (SSSR count). The average Bonchev–Trinajstić information content (AvgIpc) is 2.47. The minimum absolute atomic E-state index is 0.113. The summed E-state index contributed by atoms with van der Waals surface area (Å²) < 4.78 is 0.505. The van der Waals surface area contributed by atoms with Gasteiger partial charge in [-0.1, -0.05) is 35.2 Å². The number of rotatable bonds is 4. The molecular weight excluding hydrogens is 360 g/mol. The molecule has 1 aromatic rings. The van der Waals surface area contributed by atoms with Crippen molar-refractivity contribution in [1.29, 1.82) is 0 Å². The van der Waals surface area contributed by atoms with Gasteiger partial charge in [-0.05, 0) is 18.9 Å². The summed E-state index contributed by atoms with van der Waals surface area (Å²) in [4.78, 5) is 22.7. The molecule has 0 aromatic heterocycles. The van der Waals surface area contributed by atoms with E-state index in [1.54, 1.807) is 6.07 Å². The molecule has 0 radical (unpaired) electrons. The van der Waals surface area contributed by atoms with Crippen molar-refractivity contribution in [3.63, 3.8) is 0 Å². The molecule has 1 aliphatic carbocycles. The molecule has 7 heteroatoms. The fourth-order valence-corrected chi connectivity index (χ4v) is 3.46. The van der Waals surface area contributed by atoms with Crippen LogP contribution in [0.1, 0.15) is 42.5 Å². The molecule has 1 amide bonds. The van der Waals surface area contributed by atoms with E-state index in [1.165, 1.54) is 12.1 Å². The van der Waals surface area contributed by atoms with Gasteiger partial charge in [-0.15, -0.1) is 11.6 Å². The van der Waals surface area contributed by atoms with Crippen LogP contribution < -0.4 is 5.32 Å². The summed E-state index contributed by atoms with van der Waals surface area (Å²) in [5.41, 5.74) is -0.238. The fraction of sp³-hybridized carbons (Fsp3) is 0.500. The van der Waals surface area contributed by atoms with E-state index in [1.807, 2.05) is 0 Å². The Morgan fingerprint density at radius 3 is 2.57 bits per heavy atom. The SMILES string of the molecule is O=C(NC1(CCl)CCCCC1)c1cc(Br)cc([N+](=O)[O-])c1. The maximum Gasteiger partial charge on any atom is 0.271 e. The van der Waals surface area contributed by atoms with Crippen LogP contribution in [0.15, 0.2) is 22.7 Å². The lowest BCUT2D eigenvalue weighted by molar-refractivity contribution is -0.385. The summed E-state index contributed by atoms with van der Waals surface area (Å²) in [7, 11) is 0.